The second kappa shape index (κ2) is 10.8. The van der Waals surface area contributed by atoms with E-state index in [4.69, 9.17) is 4.74 Å². The molecule has 0 amide bonds. The van der Waals surface area contributed by atoms with Gasteiger partial charge in [-0.3, -0.25) is 4.90 Å². The molecule has 2 heterocycles. The molecule has 2 aliphatic heterocycles. The lowest BCUT2D eigenvalue weighted by molar-refractivity contribution is 0.259. The highest BCUT2D eigenvalue weighted by atomic mass is 127. The molecular weight excluding hydrogens is 465 g/mol. The van der Waals surface area contributed by atoms with Gasteiger partial charge in [0.15, 0.2) is 17.6 Å². The first-order chi connectivity index (χ1) is 12.7. The monoisotopic (exact) mass is 492 g/mol. The summed E-state index contributed by atoms with van der Waals surface area (Å²) in [6.07, 6.45) is 5.58. The summed E-state index contributed by atoms with van der Waals surface area (Å²) >= 11 is 0. The molecule has 8 heteroatoms. The van der Waals surface area contributed by atoms with Crippen LogP contribution in [0.25, 0.3) is 0 Å². The number of nitrogens with zero attached hydrogens (tertiary/aromatic N) is 3. The Labute approximate surface area is 176 Å². The average Bonchev–Trinajstić information content (AvgIpc) is 3.32. The minimum atomic E-state index is -0.904. The van der Waals surface area contributed by atoms with Crippen molar-refractivity contribution < 1.29 is 13.5 Å². The Morgan fingerprint density at radius 2 is 2.04 bits per heavy atom. The largest absolute Gasteiger partial charge is 0.492 e. The third-order valence-electron chi connectivity index (χ3n) is 4.67. The van der Waals surface area contributed by atoms with Crippen LogP contribution in [-0.2, 0) is 0 Å². The van der Waals surface area contributed by atoms with Crippen molar-refractivity contribution in [2.24, 2.45) is 4.99 Å². The summed E-state index contributed by atoms with van der Waals surface area (Å²) in [5, 5.41) is 3.33. The molecule has 27 heavy (non-hydrogen) atoms. The van der Waals surface area contributed by atoms with Gasteiger partial charge in [0.2, 0.25) is 0 Å². The van der Waals surface area contributed by atoms with Crippen LogP contribution in [-0.4, -0.2) is 67.7 Å². The topological polar surface area (TPSA) is 40.1 Å². The summed E-state index contributed by atoms with van der Waals surface area (Å²) in [7, 11) is 0. The van der Waals surface area contributed by atoms with Gasteiger partial charge in [0.05, 0.1) is 6.54 Å². The van der Waals surface area contributed by atoms with Crippen LogP contribution < -0.4 is 10.1 Å². The fourth-order valence-electron chi connectivity index (χ4n) is 3.33. The molecule has 2 aliphatic rings. The van der Waals surface area contributed by atoms with Crippen molar-refractivity contribution in [1.82, 2.24) is 15.1 Å². The quantitative estimate of drug-likeness (QED) is 0.218. The van der Waals surface area contributed by atoms with Crippen LogP contribution >= 0.6 is 24.0 Å². The lowest BCUT2D eigenvalue weighted by Crippen LogP contribution is -2.43. The van der Waals surface area contributed by atoms with E-state index in [1.165, 1.54) is 6.07 Å². The molecule has 0 aliphatic carbocycles. The number of hydrogen-bond acceptors (Lipinski definition) is 3. The fraction of sp³-hybridized carbons (Fsp3) is 0.526. The molecule has 0 bridgehead atoms. The molecular formula is C19H27F2IN4O. The number of aliphatic imine (C=N–C) groups is 1. The van der Waals surface area contributed by atoms with Gasteiger partial charge >= 0.3 is 0 Å². The van der Waals surface area contributed by atoms with Gasteiger partial charge in [-0.15, -0.1) is 24.0 Å². The number of nitrogens with one attached hydrogen (secondary N) is 1. The van der Waals surface area contributed by atoms with Gasteiger partial charge in [-0.05, 0) is 25.5 Å². The summed E-state index contributed by atoms with van der Waals surface area (Å²) in [5.41, 5.74) is 0. The minimum absolute atomic E-state index is 0. The summed E-state index contributed by atoms with van der Waals surface area (Å²) in [6, 6.07) is 4.10. The maximum absolute atomic E-state index is 13.2. The SMILES string of the molecule is CCNC(=NCCOc1ccc(F)c(F)c1)N1CCC(N2CC=CC2)C1.I. The van der Waals surface area contributed by atoms with Crippen LogP contribution in [0.3, 0.4) is 0 Å². The van der Waals surface area contributed by atoms with Crippen LogP contribution in [0.4, 0.5) is 8.78 Å². The molecule has 150 valence electrons. The summed E-state index contributed by atoms with van der Waals surface area (Å²) in [6.45, 7) is 7.64. The van der Waals surface area contributed by atoms with E-state index in [2.05, 4.69) is 32.3 Å². The van der Waals surface area contributed by atoms with Gasteiger partial charge in [-0.25, -0.2) is 13.8 Å². The third-order valence-corrected chi connectivity index (χ3v) is 4.67. The second-order valence-electron chi connectivity index (χ2n) is 6.47. The lowest BCUT2D eigenvalue weighted by atomic mass is 10.2. The highest BCUT2D eigenvalue weighted by Crippen LogP contribution is 2.18. The van der Waals surface area contributed by atoms with Gasteiger partial charge in [-0.2, -0.15) is 0 Å². The summed E-state index contributed by atoms with van der Waals surface area (Å²) in [4.78, 5) is 9.38. The number of guanidine groups is 1. The van der Waals surface area contributed by atoms with Crippen molar-refractivity contribution in [1.29, 1.82) is 0 Å². The van der Waals surface area contributed by atoms with E-state index < -0.39 is 11.6 Å². The summed E-state index contributed by atoms with van der Waals surface area (Å²) in [5.74, 6) is -0.580. The Bertz CT molecular complexity index is 663. The van der Waals surface area contributed by atoms with Crippen LogP contribution in [0.1, 0.15) is 13.3 Å². The van der Waals surface area contributed by atoms with Gasteiger partial charge in [0.25, 0.3) is 0 Å². The smallest absolute Gasteiger partial charge is 0.194 e. The third kappa shape index (κ3) is 6.03. The number of halogens is 3. The zero-order chi connectivity index (χ0) is 18.4. The Hall–Kier alpha value is -1.42. The van der Waals surface area contributed by atoms with Crippen LogP contribution in [0.15, 0.2) is 35.3 Å². The molecule has 1 atom stereocenters. The fourth-order valence-corrected chi connectivity index (χ4v) is 3.33. The maximum Gasteiger partial charge on any atom is 0.194 e. The van der Waals surface area contributed by atoms with Crippen molar-refractivity contribution in [2.45, 2.75) is 19.4 Å². The first kappa shape index (κ1) is 21.9. The first-order valence-electron chi connectivity index (χ1n) is 9.17. The predicted octanol–water partition coefficient (Wildman–Crippen LogP) is 2.87. The molecule has 1 aromatic rings. The van der Waals surface area contributed by atoms with Crippen molar-refractivity contribution in [3.05, 3.63) is 42.0 Å². The standard InChI is InChI=1S/C19H26F2N4O.HI/c1-2-22-19(25-11-7-15(14-25)24-9-3-4-10-24)23-8-12-26-16-5-6-17(20)18(21)13-16;/h3-6,13,15H,2,7-12,14H2,1H3,(H,22,23);1H. The molecule has 3 rings (SSSR count). The second-order valence-corrected chi connectivity index (χ2v) is 6.47. The highest BCUT2D eigenvalue weighted by molar-refractivity contribution is 14.0. The first-order valence-corrected chi connectivity index (χ1v) is 9.17. The van der Waals surface area contributed by atoms with Crippen molar-refractivity contribution in [2.75, 3.05) is 45.9 Å². The lowest BCUT2D eigenvalue weighted by Gasteiger charge is -2.25. The van der Waals surface area contributed by atoms with E-state index in [9.17, 15) is 8.78 Å². The van der Waals surface area contributed by atoms with Gasteiger partial charge < -0.3 is 15.0 Å². The van der Waals surface area contributed by atoms with Crippen LogP contribution in [0, 0.1) is 11.6 Å². The maximum atomic E-state index is 13.2. The average molecular weight is 492 g/mol. The Morgan fingerprint density at radius 1 is 1.26 bits per heavy atom. The van der Waals surface area contributed by atoms with E-state index in [-0.39, 0.29) is 24.0 Å². The molecule has 0 saturated carbocycles. The van der Waals surface area contributed by atoms with Crippen molar-refractivity contribution in [3.63, 3.8) is 0 Å². The van der Waals surface area contributed by atoms with Crippen LogP contribution in [0.2, 0.25) is 0 Å². The van der Waals surface area contributed by atoms with Gasteiger partial charge in [-0.1, -0.05) is 12.2 Å². The van der Waals surface area contributed by atoms with E-state index in [1.54, 1.807) is 0 Å². The Balaban J connectivity index is 0.00000261. The number of likely N-dealkylation sites (tertiary alicyclic amines) is 1. The van der Waals surface area contributed by atoms with E-state index >= 15 is 0 Å². The van der Waals surface area contributed by atoms with Gasteiger partial charge in [0.1, 0.15) is 12.4 Å². The minimum Gasteiger partial charge on any atom is -0.492 e. The molecule has 0 spiro atoms. The van der Waals surface area contributed by atoms with E-state index in [0.29, 0.717) is 24.9 Å². The molecule has 1 N–H and O–H groups in total. The number of ether oxygens (including phenoxy) is 1. The van der Waals surface area contributed by atoms with E-state index in [1.807, 2.05) is 6.92 Å². The molecule has 1 unspecified atom stereocenters. The molecule has 0 radical (unpaired) electrons. The molecule has 0 aromatic heterocycles. The number of benzene rings is 1. The number of hydrogen-bond donors (Lipinski definition) is 1. The zero-order valence-electron chi connectivity index (χ0n) is 15.5. The molecule has 1 saturated heterocycles. The number of rotatable bonds is 6. The highest BCUT2D eigenvalue weighted by Gasteiger charge is 2.29. The normalized spacial score (nSPS) is 20.0. The zero-order valence-corrected chi connectivity index (χ0v) is 17.9. The van der Waals surface area contributed by atoms with Crippen LogP contribution in [0.5, 0.6) is 5.75 Å². The predicted molar refractivity (Wildman–Crippen MR) is 114 cm³/mol. The molecule has 1 fully saturated rings. The van der Waals surface area contributed by atoms with Crippen molar-refractivity contribution >= 4 is 29.9 Å². The van der Waals surface area contributed by atoms with E-state index in [0.717, 1.165) is 57.2 Å². The Kier molecular flexibility index (Phi) is 8.75. The molecule has 5 nitrogen and oxygen atoms in total. The summed E-state index contributed by atoms with van der Waals surface area (Å²) < 4.78 is 31.6. The Morgan fingerprint density at radius 3 is 2.74 bits per heavy atom. The van der Waals surface area contributed by atoms with Crippen molar-refractivity contribution in [3.8, 4) is 5.75 Å². The molecule has 1 aromatic carbocycles. The van der Waals surface area contributed by atoms with Gasteiger partial charge in [0, 0.05) is 44.8 Å².